The fraction of sp³-hybridized carbons (Fsp3) is 0.857. The molecule has 0 heterocycles. The van der Waals surface area contributed by atoms with Crippen molar-refractivity contribution in [3.63, 3.8) is 0 Å². The van der Waals surface area contributed by atoms with Gasteiger partial charge in [-0.3, -0.25) is 4.79 Å². The third kappa shape index (κ3) is 6.19. The highest BCUT2D eigenvalue weighted by Crippen LogP contribution is 2.05. The van der Waals surface area contributed by atoms with Crippen molar-refractivity contribution in [2.45, 2.75) is 25.8 Å². The smallest absolute Gasteiger partial charge is 0.320 e. The Labute approximate surface area is 71.3 Å². The molecule has 0 amide bonds. The van der Waals surface area contributed by atoms with E-state index in [0.717, 1.165) is 17.9 Å². The number of rotatable bonds is 6. The quantitative estimate of drug-likeness (QED) is 0.592. The van der Waals surface area contributed by atoms with Gasteiger partial charge in [0.15, 0.2) is 0 Å². The third-order valence-corrected chi connectivity index (χ3v) is 2.46. The second-order valence-corrected chi connectivity index (χ2v) is 3.57. The van der Waals surface area contributed by atoms with Crippen LogP contribution in [0.15, 0.2) is 0 Å². The zero-order chi connectivity index (χ0) is 8.69. The Morgan fingerprint density at radius 2 is 2.27 bits per heavy atom. The first-order valence-electron chi connectivity index (χ1n) is 3.74. The summed E-state index contributed by atoms with van der Waals surface area (Å²) in [7, 11) is 0. The lowest BCUT2D eigenvalue weighted by Crippen LogP contribution is -2.30. The second-order valence-electron chi connectivity index (χ2n) is 2.35. The summed E-state index contributed by atoms with van der Waals surface area (Å²) in [5.41, 5.74) is 5.29. The summed E-state index contributed by atoms with van der Waals surface area (Å²) >= 11 is 1.76. The lowest BCUT2D eigenvalue weighted by Gasteiger charge is -2.04. The lowest BCUT2D eigenvalue weighted by atomic mass is 10.2. The maximum atomic E-state index is 10.2. The largest absolute Gasteiger partial charge is 0.480 e. The zero-order valence-corrected chi connectivity index (χ0v) is 7.56. The van der Waals surface area contributed by atoms with Gasteiger partial charge in [-0.15, -0.1) is 0 Å². The van der Waals surface area contributed by atoms with Gasteiger partial charge in [-0.05, 0) is 24.3 Å². The Hall–Kier alpha value is -0.220. The molecule has 4 heteroatoms. The average Bonchev–Trinajstić information content (AvgIpc) is 1.97. The van der Waals surface area contributed by atoms with E-state index in [4.69, 9.17) is 10.8 Å². The standard InChI is InChI=1S/C7H15NO2S/c1-2-4-11-5-3-6(8)7(9)10/h6H,2-5,8H2,1H3,(H,9,10)/t6-/m1/s1. The van der Waals surface area contributed by atoms with Gasteiger partial charge in [-0.25, -0.2) is 0 Å². The van der Waals surface area contributed by atoms with Gasteiger partial charge in [-0.1, -0.05) is 6.92 Å². The van der Waals surface area contributed by atoms with Crippen LogP contribution in [-0.4, -0.2) is 28.6 Å². The number of carboxylic acid groups (broad SMARTS) is 1. The molecule has 0 aliphatic carbocycles. The van der Waals surface area contributed by atoms with E-state index in [-0.39, 0.29) is 0 Å². The Morgan fingerprint density at radius 1 is 1.64 bits per heavy atom. The minimum absolute atomic E-state index is 0.569. The number of hydrogen-bond donors (Lipinski definition) is 2. The molecule has 0 aromatic heterocycles. The normalized spacial score (nSPS) is 12.9. The Morgan fingerprint density at radius 3 is 2.73 bits per heavy atom. The molecule has 0 aromatic carbocycles. The summed E-state index contributed by atoms with van der Waals surface area (Å²) in [4.78, 5) is 10.2. The number of carbonyl (C=O) groups is 1. The van der Waals surface area contributed by atoms with Gasteiger partial charge >= 0.3 is 5.97 Å². The summed E-state index contributed by atoms with van der Waals surface area (Å²) < 4.78 is 0. The van der Waals surface area contributed by atoms with E-state index in [1.54, 1.807) is 11.8 Å². The SMILES string of the molecule is CCCSCC[C@@H](N)C(=O)O. The van der Waals surface area contributed by atoms with Crippen molar-refractivity contribution in [2.75, 3.05) is 11.5 Å². The number of hydrogen-bond acceptors (Lipinski definition) is 3. The molecule has 0 bridgehead atoms. The molecule has 0 radical (unpaired) electrons. The van der Waals surface area contributed by atoms with Crippen LogP contribution in [0.4, 0.5) is 0 Å². The van der Waals surface area contributed by atoms with Crippen molar-refractivity contribution in [1.82, 2.24) is 0 Å². The maximum Gasteiger partial charge on any atom is 0.320 e. The molecule has 0 fully saturated rings. The van der Waals surface area contributed by atoms with Gasteiger partial charge in [0.1, 0.15) is 6.04 Å². The highest BCUT2D eigenvalue weighted by molar-refractivity contribution is 7.99. The van der Waals surface area contributed by atoms with Crippen LogP contribution < -0.4 is 5.73 Å². The minimum atomic E-state index is -0.901. The first-order chi connectivity index (χ1) is 5.18. The summed E-state index contributed by atoms with van der Waals surface area (Å²) in [5, 5.41) is 8.40. The molecule has 1 atom stereocenters. The maximum absolute atomic E-state index is 10.2. The number of nitrogens with two attached hydrogens (primary N) is 1. The molecule has 0 aliphatic rings. The molecule has 66 valence electrons. The van der Waals surface area contributed by atoms with Crippen LogP contribution in [0.5, 0.6) is 0 Å². The Kier molecular flexibility index (Phi) is 6.36. The topological polar surface area (TPSA) is 63.3 Å². The second kappa shape index (κ2) is 6.49. The summed E-state index contributed by atoms with van der Waals surface area (Å²) in [6, 6.07) is -0.681. The van der Waals surface area contributed by atoms with Gasteiger partial charge < -0.3 is 10.8 Å². The molecule has 0 aliphatic heterocycles. The van der Waals surface area contributed by atoms with Crippen molar-refractivity contribution in [2.24, 2.45) is 5.73 Å². The molecule has 11 heavy (non-hydrogen) atoms. The van der Waals surface area contributed by atoms with Crippen molar-refractivity contribution in [3.05, 3.63) is 0 Å². The molecule has 0 rings (SSSR count). The van der Waals surface area contributed by atoms with E-state index in [2.05, 4.69) is 6.92 Å². The fourth-order valence-corrected chi connectivity index (χ4v) is 1.49. The third-order valence-electron chi connectivity index (χ3n) is 1.24. The number of carboxylic acids is 1. The van der Waals surface area contributed by atoms with E-state index >= 15 is 0 Å². The van der Waals surface area contributed by atoms with E-state index in [1.165, 1.54) is 0 Å². The monoisotopic (exact) mass is 177 g/mol. The van der Waals surface area contributed by atoms with E-state index < -0.39 is 12.0 Å². The highest BCUT2D eigenvalue weighted by atomic mass is 32.2. The predicted octanol–water partition coefficient (Wildman–Crippen LogP) is 0.932. The minimum Gasteiger partial charge on any atom is -0.480 e. The van der Waals surface area contributed by atoms with Crippen LogP contribution in [0.25, 0.3) is 0 Å². The highest BCUT2D eigenvalue weighted by Gasteiger charge is 2.09. The molecule has 0 unspecified atom stereocenters. The zero-order valence-electron chi connectivity index (χ0n) is 6.75. The molecular formula is C7H15NO2S. The first kappa shape index (κ1) is 10.8. The molecule has 0 saturated carbocycles. The Bertz CT molecular complexity index is 119. The lowest BCUT2D eigenvalue weighted by molar-refractivity contribution is -0.138. The van der Waals surface area contributed by atoms with Crippen molar-refractivity contribution in [1.29, 1.82) is 0 Å². The van der Waals surface area contributed by atoms with Crippen LogP contribution in [0.1, 0.15) is 19.8 Å². The van der Waals surface area contributed by atoms with Crippen molar-refractivity contribution < 1.29 is 9.90 Å². The van der Waals surface area contributed by atoms with Crippen LogP contribution in [0.3, 0.4) is 0 Å². The van der Waals surface area contributed by atoms with Crippen molar-refractivity contribution >= 4 is 17.7 Å². The first-order valence-corrected chi connectivity index (χ1v) is 4.90. The molecule has 0 aromatic rings. The van der Waals surface area contributed by atoms with E-state index in [9.17, 15) is 4.79 Å². The molecular weight excluding hydrogens is 162 g/mol. The molecule has 0 saturated heterocycles. The number of thioether (sulfide) groups is 1. The number of aliphatic carboxylic acids is 1. The average molecular weight is 177 g/mol. The van der Waals surface area contributed by atoms with E-state index in [0.29, 0.717) is 6.42 Å². The van der Waals surface area contributed by atoms with Gasteiger partial charge in [0.25, 0.3) is 0 Å². The van der Waals surface area contributed by atoms with Crippen LogP contribution in [0, 0.1) is 0 Å². The van der Waals surface area contributed by atoms with Gasteiger partial charge in [0.2, 0.25) is 0 Å². The molecule has 0 spiro atoms. The van der Waals surface area contributed by atoms with Crippen LogP contribution in [-0.2, 0) is 4.79 Å². The summed E-state index contributed by atoms with van der Waals surface area (Å²) in [6.45, 7) is 2.10. The van der Waals surface area contributed by atoms with Crippen LogP contribution >= 0.6 is 11.8 Å². The summed E-state index contributed by atoms with van der Waals surface area (Å²) in [5.74, 6) is 1.04. The predicted molar refractivity (Wildman–Crippen MR) is 47.8 cm³/mol. The molecule has 3 N–H and O–H groups in total. The van der Waals surface area contributed by atoms with Gasteiger partial charge in [0, 0.05) is 0 Å². The van der Waals surface area contributed by atoms with Gasteiger partial charge in [-0.2, -0.15) is 11.8 Å². The molecule has 3 nitrogen and oxygen atoms in total. The summed E-state index contributed by atoms with van der Waals surface area (Å²) in [6.07, 6.45) is 1.70. The fourth-order valence-electron chi connectivity index (χ4n) is 0.580. The van der Waals surface area contributed by atoms with E-state index in [1.807, 2.05) is 0 Å². The van der Waals surface area contributed by atoms with Crippen molar-refractivity contribution in [3.8, 4) is 0 Å². The Balaban J connectivity index is 3.17. The van der Waals surface area contributed by atoms with Crippen LogP contribution in [0.2, 0.25) is 0 Å². The van der Waals surface area contributed by atoms with Gasteiger partial charge in [0.05, 0.1) is 0 Å².